The second-order valence-corrected chi connectivity index (χ2v) is 7.57. The number of aliphatic hydroxyl groups excluding tert-OH is 1. The van der Waals surface area contributed by atoms with Crippen molar-refractivity contribution < 1.29 is 9.52 Å². The van der Waals surface area contributed by atoms with Crippen LogP contribution in [0.25, 0.3) is 0 Å². The maximum atomic E-state index is 9.92. The fraction of sp³-hybridized carbons (Fsp3) is 0.579. The van der Waals surface area contributed by atoms with Crippen LogP contribution in [-0.2, 0) is 13.0 Å². The molecule has 1 N–H and O–H groups in total. The maximum absolute atomic E-state index is 9.92. The predicted molar refractivity (Wildman–Crippen MR) is 93.2 cm³/mol. The van der Waals surface area contributed by atoms with E-state index in [0.717, 1.165) is 38.3 Å². The summed E-state index contributed by atoms with van der Waals surface area (Å²) in [5.74, 6) is 0.792. The van der Waals surface area contributed by atoms with Gasteiger partial charge in [-0.3, -0.25) is 4.90 Å². The van der Waals surface area contributed by atoms with Crippen molar-refractivity contribution in [3.63, 3.8) is 0 Å². The quantitative estimate of drug-likeness (QED) is 0.925. The number of β-amino-alcohol motifs (C(OH)–C–C–N with tert-alkyl or cyclic N) is 1. The van der Waals surface area contributed by atoms with E-state index < -0.39 is 0 Å². The second kappa shape index (κ2) is 6.11. The summed E-state index contributed by atoms with van der Waals surface area (Å²) in [5, 5.41) is 9.92. The zero-order valence-electron chi connectivity index (χ0n) is 14.3. The summed E-state index contributed by atoms with van der Waals surface area (Å²) in [6.45, 7) is 2.53. The largest absolute Gasteiger partial charge is 0.472 e. The molecular formula is C19H24N4O2. The molecule has 25 heavy (non-hydrogen) atoms. The molecule has 6 heteroatoms. The van der Waals surface area contributed by atoms with Crippen LogP contribution in [-0.4, -0.2) is 45.2 Å². The molecule has 0 saturated carbocycles. The summed E-state index contributed by atoms with van der Waals surface area (Å²) in [7, 11) is 0. The smallest absolute Gasteiger partial charge is 0.225 e. The van der Waals surface area contributed by atoms with Gasteiger partial charge in [0, 0.05) is 55.5 Å². The van der Waals surface area contributed by atoms with Gasteiger partial charge in [0.25, 0.3) is 0 Å². The zero-order chi connectivity index (χ0) is 16.8. The molecule has 5 heterocycles. The molecule has 132 valence electrons. The molecule has 2 aromatic rings. The Hall–Kier alpha value is -1.92. The van der Waals surface area contributed by atoms with Gasteiger partial charge < -0.3 is 14.4 Å². The van der Waals surface area contributed by atoms with Crippen LogP contribution in [0.5, 0.6) is 0 Å². The highest BCUT2D eigenvalue weighted by Gasteiger charge is 2.41. The first-order chi connectivity index (χ1) is 12.3. The second-order valence-electron chi connectivity index (χ2n) is 7.57. The lowest BCUT2D eigenvalue weighted by Gasteiger charge is -2.36. The van der Waals surface area contributed by atoms with E-state index >= 15 is 0 Å². The summed E-state index contributed by atoms with van der Waals surface area (Å²) >= 11 is 0. The predicted octanol–water partition coefficient (Wildman–Crippen LogP) is 2.29. The molecule has 0 spiro atoms. The van der Waals surface area contributed by atoms with E-state index in [1.807, 2.05) is 12.5 Å². The molecule has 2 bridgehead atoms. The number of fused-ring (bicyclic) bond motifs is 4. The summed E-state index contributed by atoms with van der Waals surface area (Å²) in [6, 6.07) is 3.03. The van der Waals surface area contributed by atoms with Crippen LogP contribution in [0.15, 0.2) is 29.2 Å². The molecule has 3 atom stereocenters. The highest BCUT2D eigenvalue weighted by Crippen LogP contribution is 2.44. The van der Waals surface area contributed by atoms with Crippen LogP contribution < -0.4 is 4.90 Å². The van der Waals surface area contributed by atoms with Gasteiger partial charge in [0.05, 0.1) is 24.3 Å². The van der Waals surface area contributed by atoms with Gasteiger partial charge in [-0.25, -0.2) is 9.97 Å². The van der Waals surface area contributed by atoms with E-state index in [2.05, 4.69) is 20.9 Å². The minimum atomic E-state index is -0.255. The van der Waals surface area contributed by atoms with Crippen molar-refractivity contribution in [3.05, 3.63) is 41.6 Å². The summed E-state index contributed by atoms with van der Waals surface area (Å²) in [4.78, 5) is 14.3. The number of piperidine rings is 1. The van der Waals surface area contributed by atoms with Gasteiger partial charge in [0.15, 0.2) is 0 Å². The number of rotatable bonds is 3. The van der Waals surface area contributed by atoms with Gasteiger partial charge in [0.1, 0.15) is 0 Å². The highest BCUT2D eigenvalue weighted by atomic mass is 16.3. The Bertz CT molecular complexity index is 748. The van der Waals surface area contributed by atoms with Gasteiger partial charge in [-0.1, -0.05) is 0 Å². The van der Waals surface area contributed by atoms with Crippen molar-refractivity contribution in [3.8, 4) is 0 Å². The molecule has 3 aliphatic heterocycles. The van der Waals surface area contributed by atoms with Crippen molar-refractivity contribution in [2.45, 2.75) is 56.8 Å². The van der Waals surface area contributed by atoms with Gasteiger partial charge in [-0.15, -0.1) is 0 Å². The van der Waals surface area contributed by atoms with Crippen molar-refractivity contribution in [1.29, 1.82) is 0 Å². The van der Waals surface area contributed by atoms with E-state index in [0.29, 0.717) is 18.6 Å². The van der Waals surface area contributed by atoms with Gasteiger partial charge in [-0.05, 0) is 31.7 Å². The van der Waals surface area contributed by atoms with Crippen LogP contribution in [0.2, 0.25) is 0 Å². The van der Waals surface area contributed by atoms with Crippen LogP contribution in [0, 0.1) is 0 Å². The lowest BCUT2D eigenvalue weighted by atomic mass is 9.99. The van der Waals surface area contributed by atoms with E-state index in [-0.39, 0.29) is 6.10 Å². The summed E-state index contributed by atoms with van der Waals surface area (Å²) in [6.07, 6.45) is 10.7. The Labute approximate surface area is 147 Å². The van der Waals surface area contributed by atoms with E-state index in [1.165, 1.54) is 29.7 Å². The first kappa shape index (κ1) is 15.3. The third-order valence-electron chi connectivity index (χ3n) is 5.94. The molecule has 6 nitrogen and oxygen atoms in total. The Balaban J connectivity index is 1.40. The van der Waals surface area contributed by atoms with Crippen molar-refractivity contribution >= 4 is 5.95 Å². The summed E-state index contributed by atoms with van der Waals surface area (Å²) < 4.78 is 5.23. The molecule has 5 rings (SSSR count). The lowest BCUT2D eigenvalue weighted by molar-refractivity contribution is 0.153. The first-order valence-electron chi connectivity index (χ1n) is 9.33. The van der Waals surface area contributed by atoms with Crippen LogP contribution >= 0.6 is 0 Å². The van der Waals surface area contributed by atoms with E-state index in [1.54, 1.807) is 6.26 Å². The Morgan fingerprint density at radius 2 is 2.24 bits per heavy atom. The SMILES string of the molecule is O[C@@H]1CCCN(c2ncc3c(n2)C[C@H]2CC[C@H]3N2Cc2ccoc2)C1. The van der Waals surface area contributed by atoms with Gasteiger partial charge in [0.2, 0.25) is 5.95 Å². The topological polar surface area (TPSA) is 65.6 Å². The van der Waals surface area contributed by atoms with Crippen LogP contribution in [0.3, 0.4) is 0 Å². The first-order valence-corrected chi connectivity index (χ1v) is 9.33. The highest BCUT2D eigenvalue weighted by molar-refractivity contribution is 5.38. The molecule has 0 aromatic carbocycles. The number of hydrogen-bond acceptors (Lipinski definition) is 6. The van der Waals surface area contributed by atoms with Crippen molar-refractivity contribution in [2.24, 2.45) is 0 Å². The molecule has 2 saturated heterocycles. The molecule has 2 fully saturated rings. The number of aliphatic hydroxyl groups is 1. The maximum Gasteiger partial charge on any atom is 0.225 e. The fourth-order valence-electron chi connectivity index (χ4n) is 4.69. The Morgan fingerprint density at radius 3 is 3.08 bits per heavy atom. The average molecular weight is 340 g/mol. The average Bonchev–Trinajstić information content (AvgIpc) is 3.22. The number of anilines is 1. The monoisotopic (exact) mass is 340 g/mol. The van der Waals surface area contributed by atoms with Gasteiger partial charge >= 0.3 is 0 Å². The molecule has 0 radical (unpaired) electrons. The number of nitrogens with zero attached hydrogens (tertiary/aromatic N) is 4. The Morgan fingerprint density at radius 1 is 1.28 bits per heavy atom. The Kier molecular flexibility index (Phi) is 3.75. The molecule has 2 aromatic heterocycles. The van der Waals surface area contributed by atoms with Gasteiger partial charge in [-0.2, -0.15) is 0 Å². The summed E-state index contributed by atoms with van der Waals surface area (Å²) in [5.41, 5.74) is 3.74. The lowest BCUT2D eigenvalue weighted by Crippen LogP contribution is -2.40. The molecule has 0 amide bonds. The standard InChI is InChI=1S/C19H24N4O2/c24-15-2-1-6-22(11-15)19-20-9-16-17(21-19)8-14-3-4-18(16)23(14)10-13-5-7-25-12-13/h5,7,9,12,14-15,18,24H,1-4,6,8,10-11H2/t14-,15-,18-/m1/s1. The number of furan rings is 1. The number of hydrogen-bond donors (Lipinski definition) is 1. The third kappa shape index (κ3) is 2.73. The minimum Gasteiger partial charge on any atom is -0.472 e. The van der Waals surface area contributed by atoms with Crippen molar-refractivity contribution in [2.75, 3.05) is 18.0 Å². The molecular weight excluding hydrogens is 316 g/mol. The van der Waals surface area contributed by atoms with Crippen molar-refractivity contribution in [1.82, 2.24) is 14.9 Å². The normalized spacial score (nSPS) is 29.0. The molecule has 3 aliphatic rings. The van der Waals surface area contributed by atoms with Crippen LogP contribution in [0.4, 0.5) is 5.95 Å². The third-order valence-corrected chi connectivity index (χ3v) is 5.94. The van der Waals surface area contributed by atoms with E-state index in [9.17, 15) is 5.11 Å². The zero-order valence-corrected chi connectivity index (χ0v) is 14.3. The number of aromatic nitrogens is 2. The van der Waals surface area contributed by atoms with E-state index in [4.69, 9.17) is 9.40 Å². The molecule has 0 aliphatic carbocycles. The van der Waals surface area contributed by atoms with Crippen LogP contribution in [0.1, 0.15) is 48.5 Å². The fourth-order valence-corrected chi connectivity index (χ4v) is 4.69. The minimum absolute atomic E-state index is 0.255. The molecule has 0 unspecified atom stereocenters.